The molecular formula is C24H20O5. The van der Waals surface area contributed by atoms with Gasteiger partial charge in [0.1, 0.15) is 17.2 Å². The van der Waals surface area contributed by atoms with Gasteiger partial charge < -0.3 is 14.2 Å². The second kappa shape index (κ2) is 9.37. The van der Waals surface area contributed by atoms with E-state index in [2.05, 4.69) is 0 Å². The number of ether oxygens (including phenoxy) is 3. The molecule has 146 valence electrons. The fraction of sp³-hybridized carbons (Fsp3) is 0.0833. The van der Waals surface area contributed by atoms with Crippen molar-refractivity contribution in [2.45, 2.75) is 0 Å². The van der Waals surface area contributed by atoms with Crippen molar-refractivity contribution in [3.05, 3.63) is 95.6 Å². The van der Waals surface area contributed by atoms with E-state index in [9.17, 15) is 9.59 Å². The van der Waals surface area contributed by atoms with Crippen LogP contribution in [0.4, 0.5) is 0 Å². The number of allylic oxidation sites excluding steroid dienone is 1. The number of para-hydroxylation sites is 1. The van der Waals surface area contributed by atoms with Gasteiger partial charge in [0, 0.05) is 5.56 Å². The van der Waals surface area contributed by atoms with Gasteiger partial charge >= 0.3 is 5.97 Å². The molecule has 3 aromatic rings. The minimum absolute atomic E-state index is 0.259. The van der Waals surface area contributed by atoms with Crippen molar-refractivity contribution in [3.8, 4) is 17.2 Å². The van der Waals surface area contributed by atoms with Gasteiger partial charge in [0.05, 0.1) is 25.3 Å². The summed E-state index contributed by atoms with van der Waals surface area (Å²) in [6.07, 6.45) is 3.02. The zero-order valence-corrected chi connectivity index (χ0v) is 16.1. The number of methoxy groups -OCH3 is 2. The van der Waals surface area contributed by atoms with Gasteiger partial charge in [-0.15, -0.1) is 0 Å². The topological polar surface area (TPSA) is 61.8 Å². The first-order chi connectivity index (χ1) is 14.1. The fourth-order valence-corrected chi connectivity index (χ4v) is 2.71. The zero-order chi connectivity index (χ0) is 20.6. The third-order valence-electron chi connectivity index (χ3n) is 4.22. The summed E-state index contributed by atoms with van der Waals surface area (Å²) in [5.41, 5.74) is 1.43. The standard InChI is InChI=1S/C24H20O5/c1-27-19-13-15-23(28-2)20(16-19)21(25)14-12-17-8-6-7-11-22(17)29-24(26)18-9-4-3-5-10-18/h3-16H,1-2H3/b14-12+. The van der Waals surface area contributed by atoms with E-state index in [4.69, 9.17) is 14.2 Å². The molecule has 0 saturated heterocycles. The predicted octanol–water partition coefficient (Wildman–Crippen LogP) is 4.82. The number of carbonyl (C=O) groups is 2. The van der Waals surface area contributed by atoms with Gasteiger partial charge in [-0.05, 0) is 48.6 Å². The first-order valence-corrected chi connectivity index (χ1v) is 8.93. The Kier molecular flexibility index (Phi) is 6.43. The van der Waals surface area contributed by atoms with Gasteiger partial charge in [0.25, 0.3) is 0 Å². The summed E-state index contributed by atoms with van der Waals surface area (Å²) in [4.78, 5) is 25.0. The normalized spacial score (nSPS) is 10.6. The van der Waals surface area contributed by atoms with Crippen LogP contribution in [0.3, 0.4) is 0 Å². The molecule has 0 atom stereocenters. The number of rotatable bonds is 7. The van der Waals surface area contributed by atoms with Gasteiger partial charge in [0.15, 0.2) is 5.78 Å². The van der Waals surface area contributed by atoms with Crippen LogP contribution in [0.2, 0.25) is 0 Å². The Bertz CT molecular complexity index is 1040. The molecule has 5 nitrogen and oxygen atoms in total. The number of carbonyl (C=O) groups excluding carboxylic acids is 2. The molecule has 0 fully saturated rings. The van der Waals surface area contributed by atoms with Crippen LogP contribution in [0.1, 0.15) is 26.3 Å². The average molecular weight is 388 g/mol. The summed E-state index contributed by atoms with van der Waals surface area (Å²) >= 11 is 0. The maximum absolute atomic E-state index is 12.7. The molecule has 0 N–H and O–H groups in total. The Labute approximate surface area is 169 Å². The number of benzene rings is 3. The maximum atomic E-state index is 12.7. The van der Waals surface area contributed by atoms with Crippen LogP contribution >= 0.6 is 0 Å². The van der Waals surface area contributed by atoms with Crippen LogP contribution in [0.15, 0.2) is 78.9 Å². The molecular weight excluding hydrogens is 368 g/mol. The first-order valence-electron chi connectivity index (χ1n) is 8.93. The van der Waals surface area contributed by atoms with Crippen molar-refractivity contribution in [2.75, 3.05) is 14.2 Å². The van der Waals surface area contributed by atoms with Gasteiger partial charge in [-0.3, -0.25) is 4.79 Å². The van der Waals surface area contributed by atoms with Gasteiger partial charge in [-0.1, -0.05) is 36.4 Å². The van der Waals surface area contributed by atoms with E-state index in [1.807, 2.05) is 6.07 Å². The Hall–Kier alpha value is -3.86. The molecule has 3 aromatic carbocycles. The van der Waals surface area contributed by atoms with E-state index in [-0.39, 0.29) is 5.78 Å². The molecule has 3 rings (SSSR count). The lowest BCUT2D eigenvalue weighted by atomic mass is 10.1. The second-order valence-electron chi connectivity index (χ2n) is 6.06. The molecule has 0 aliphatic carbocycles. The minimum atomic E-state index is -0.466. The molecule has 0 aliphatic rings. The molecule has 0 radical (unpaired) electrons. The third-order valence-corrected chi connectivity index (χ3v) is 4.22. The lowest BCUT2D eigenvalue weighted by molar-refractivity contribution is 0.0734. The summed E-state index contributed by atoms with van der Waals surface area (Å²) in [5.74, 6) is 0.643. The smallest absolute Gasteiger partial charge is 0.343 e. The summed E-state index contributed by atoms with van der Waals surface area (Å²) in [7, 11) is 3.03. The van der Waals surface area contributed by atoms with Gasteiger partial charge in [-0.2, -0.15) is 0 Å². The van der Waals surface area contributed by atoms with Crippen LogP contribution in [0, 0.1) is 0 Å². The molecule has 0 spiro atoms. The van der Waals surface area contributed by atoms with E-state index in [0.29, 0.717) is 33.9 Å². The average Bonchev–Trinajstić information content (AvgIpc) is 2.78. The first kappa shape index (κ1) is 19.9. The van der Waals surface area contributed by atoms with Crippen LogP contribution in [-0.4, -0.2) is 26.0 Å². The SMILES string of the molecule is COc1ccc(OC)c(C(=O)/C=C/c2ccccc2OC(=O)c2ccccc2)c1. The van der Waals surface area contributed by atoms with E-state index < -0.39 is 5.97 Å². The quantitative estimate of drug-likeness (QED) is 0.251. The number of hydrogen-bond donors (Lipinski definition) is 0. The highest BCUT2D eigenvalue weighted by molar-refractivity contribution is 6.09. The molecule has 0 unspecified atom stereocenters. The molecule has 29 heavy (non-hydrogen) atoms. The zero-order valence-electron chi connectivity index (χ0n) is 16.1. The lowest BCUT2D eigenvalue weighted by Gasteiger charge is -2.09. The molecule has 0 saturated carbocycles. The number of esters is 1. The van der Waals surface area contributed by atoms with Gasteiger partial charge in [0.2, 0.25) is 0 Å². The van der Waals surface area contributed by atoms with Crippen LogP contribution < -0.4 is 14.2 Å². The summed E-state index contributed by atoms with van der Waals surface area (Å²) in [6.45, 7) is 0. The summed E-state index contributed by atoms with van der Waals surface area (Å²) in [5, 5.41) is 0. The highest BCUT2D eigenvalue weighted by Crippen LogP contribution is 2.26. The highest BCUT2D eigenvalue weighted by atomic mass is 16.5. The van der Waals surface area contributed by atoms with Crippen molar-refractivity contribution in [1.82, 2.24) is 0 Å². The highest BCUT2D eigenvalue weighted by Gasteiger charge is 2.13. The van der Waals surface area contributed by atoms with Crippen LogP contribution in [-0.2, 0) is 0 Å². The second-order valence-corrected chi connectivity index (χ2v) is 6.06. The minimum Gasteiger partial charge on any atom is -0.497 e. The Morgan fingerprint density at radius 2 is 1.52 bits per heavy atom. The van der Waals surface area contributed by atoms with E-state index in [1.165, 1.54) is 20.3 Å². The number of ketones is 1. The Balaban J connectivity index is 1.83. The summed E-state index contributed by atoms with van der Waals surface area (Å²) < 4.78 is 16.0. The predicted molar refractivity (Wildman–Crippen MR) is 111 cm³/mol. The molecule has 0 aromatic heterocycles. The molecule has 0 aliphatic heterocycles. The Morgan fingerprint density at radius 1 is 0.793 bits per heavy atom. The maximum Gasteiger partial charge on any atom is 0.343 e. The molecule has 5 heteroatoms. The van der Waals surface area contributed by atoms with E-state index >= 15 is 0 Å². The fourth-order valence-electron chi connectivity index (χ4n) is 2.71. The van der Waals surface area contributed by atoms with Crippen LogP contribution in [0.25, 0.3) is 6.08 Å². The van der Waals surface area contributed by atoms with Crippen molar-refractivity contribution >= 4 is 17.8 Å². The Morgan fingerprint density at radius 3 is 2.24 bits per heavy atom. The molecule has 0 heterocycles. The third kappa shape index (κ3) is 4.90. The van der Waals surface area contributed by atoms with Gasteiger partial charge in [-0.25, -0.2) is 4.79 Å². The van der Waals surface area contributed by atoms with E-state index in [1.54, 1.807) is 72.8 Å². The monoisotopic (exact) mass is 388 g/mol. The van der Waals surface area contributed by atoms with E-state index in [0.717, 1.165) is 0 Å². The van der Waals surface area contributed by atoms with Crippen molar-refractivity contribution in [1.29, 1.82) is 0 Å². The van der Waals surface area contributed by atoms with Crippen molar-refractivity contribution in [3.63, 3.8) is 0 Å². The van der Waals surface area contributed by atoms with Crippen molar-refractivity contribution < 1.29 is 23.8 Å². The number of hydrogen-bond acceptors (Lipinski definition) is 5. The molecule has 0 bridgehead atoms. The van der Waals surface area contributed by atoms with Crippen molar-refractivity contribution in [2.24, 2.45) is 0 Å². The van der Waals surface area contributed by atoms with Crippen LogP contribution in [0.5, 0.6) is 17.2 Å². The molecule has 0 amide bonds. The lowest BCUT2D eigenvalue weighted by Crippen LogP contribution is -2.09. The summed E-state index contributed by atoms with van der Waals surface area (Å²) in [6, 6.07) is 20.7. The largest absolute Gasteiger partial charge is 0.497 e.